The summed E-state index contributed by atoms with van der Waals surface area (Å²) in [5, 5.41) is 2.49. The van der Waals surface area contributed by atoms with Crippen molar-refractivity contribution >= 4 is 27.5 Å². The maximum absolute atomic E-state index is 5.37. The average Bonchev–Trinajstić information content (AvgIpc) is 3.23. The lowest BCUT2D eigenvalue weighted by molar-refractivity contribution is 0.297. The van der Waals surface area contributed by atoms with E-state index >= 15 is 0 Å². The Morgan fingerprint density at radius 2 is 1.62 bits per heavy atom. The Balaban J connectivity index is 1.58. The Labute approximate surface area is 191 Å². The molecule has 0 aliphatic heterocycles. The highest BCUT2D eigenvalue weighted by Crippen LogP contribution is 2.28. The van der Waals surface area contributed by atoms with Crippen LogP contribution in [0.2, 0.25) is 0 Å². The number of rotatable bonds is 11. The number of para-hydroxylation sites is 1. The van der Waals surface area contributed by atoms with Crippen LogP contribution >= 0.6 is 0 Å². The van der Waals surface area contributed by atoms with Crippen LogP contribution in [0.15, 0.2) is 60.8 Å². The maximum atomic E-state index is 5.37. The summed E-state index contributed by atoms with van der Waals surface area (Å²) in [5.74, 6) is 0.881. The van der Waals surface area contributed by atoms with Crippen molar-refractivity contribution in [3.05, 3.63) is 66.5 Å². The van der Waals surface area contributed by atoms with Crippen LogP contribution in [0.5, 0.6) is 5.75 Å². The van der Waals surface area contributed by atoms with Gasteiger partial charge in [0.15, 0.2) is 0 Å². The Morgan fingerprint density at radius 3 is 2.38 bits per heavy atom. The van der Waals surface area contributed by atoms with Gasteiger partial charge in [-0.15, -0.1) is 0 Å². The molecule has 0 saturated carbocycles. The number of hydrogen-bond donors (Lipinski definition) is 1. The standard InChI is InChI=1S/C27H34N4O/c1-4-30(5-2)18-8-9-19-31(21-12-14-22(32-3)15-13-21)20-26-27-24(16-17-28-26)23-10-6-7-11-25(23)29-27/h6-7,10-17,29H,4-5,8-9,18-20H2,1-3H3. The van der Waals surface area contributed by atoms with Gasteiger partial charge in [-0.3, -0.25) is 4.98 Å². The van der Waals surface area contributed by atoms with Crippen LogP contribution in [-0.4, -0.2) is 48.2 Å². The van der Waals surface area contributed by atoms with E-state index in [2.05, 4.69) is 71.1 Å². The zero-order chi connectivity index (χ0) is 22.3. The van der Waals surface area contributed by atoms with Gasteiger partial charge in [0.05, 0.1) is 24.9 Å². The van der Waals surface area contributed by atoms with Gasteiger partial charge in [0.2, 0.25) is 0 Å². The van der Waals surface area contributed by atoms with Gasteiger partial charge >= 0.3 is 0 Å². The third kappa shape index (κ3) is 4.89. The number of nitrogens with one attached hydrogen (secondary N) is 1. The molecule has 4 rings (SSSR count). The van der Waals surface area contributed by atoms with E-state index in [0.717, 1.165) is 61.6 Å². The zero-order valence-electron chi connectivity index (χ0n) is 19.5. The Bertz CT molecular complexity index is 1130. The number of unbranched alkanes of at least 4 members (excludes halogenated alkanes) is 1. The molecule has 0 aliphatic rings. The summed E-state index contributed by atoms with van der Waals surface area (Å²) in [6, 6.07) is 19.0. The fourth-order valence-electron chi connectivity index (χ4n) is 4.40. The quantitative estimate of drug-likeness (QED) is 0.303. The number of aromatic nitrogens is 2. The van der Waals surface area contributed by atoms with Crippen LogP contribution in [0.3, 0.4) is 0 Å². The van der Waals surface area contributed by atoms with Crippen LogP contribution in [0.25, 0.3) is 21.8 Å². The summed E-state index contributed by atoms with van der Waals surface area (Å²) in [5.41, 5.74) is 4.57. The average molecular weight is 431 g/mol. The predicted molar refractivity (Wildman–Crippen MR) is 135 cm³/mol. The molecule has 5 heteroatoms. The summed E-state index contributed by atoms with van der Waals surface area (Å²) in [6.45, 7) is 9.61. The van der Waals surface area contributed by atoms with Gasteiger partial charge in [0.1, 0.15) is 5.75 Å². The van der Waals surface area contributed by atoms with E-state index in [4.69, 9.17) is 9.72 Å². The summed E-state index contributed by atoms with van der Waals surface area (Å²) in [6.07, 6.45) is 4.27. The second kappa shape index (κ2) is 10.5. The summed E-state index contributed by atoms with van der Waals surface area (Å²) >= 11 is 0. The highest BCUT2D eigenvalue weighted by molar-refractivity contribution is 6.07. The first-order chi connectivity index (χ1) is 15.7. The van der Waals surface area contributed by atoms with Gasteiger partial charge in [-0.2, -0.15) is 0 Å². The van der Waals surface area contributed by atoms with Crippen molar-refractivity contribution in [3.8, 4) is 5.75 Å². The number of methoxy groups -OCH3 is 1. The molecule has 4 aromatic rings. The van der Waals surface area contributed by atoms with Crippen molar-refractivity contribution < 1.29 is 4.74 Å². The first-order valence-electron chi connectivity index (χ1n) is 11.7. The topological polar surface area (TPSA) is 44.4 Å². The molecule has 0 bridgehead atoms. The van der Waals surface area contributed by atoms with Crippen molar-refractivity contribution in [2.24, 2.45) is 0 Å². The van der Waals surface area contributed by atoms with Crippen LogP contribution in [-0.2, 0) is 6.54 Å². The van der Waals surface area contributed by atoms with Gasteiger partial charge < -0.3 is 19.5 Å². The lowest BCUT2D eigenvalue weighted by atomic mass is 10.1. The fourth-order valence-corrected chi connectivity index (χ4v) is 4.40. The second-order valence-electron chi connectivity index (χ2n) is 8.20. The van der Waals surface area contributed by atoms with Crippen LogP contribution < -0.4 is 9.64 Å². The number of H-pyrrole nitrogens is 1. The van der Waals surface area contributed by atoms with E-state index in [9.17, 15) is 0 Å². The minimum Gasteiger partial charge on any atom is -0.497 e. The van der Waals surface area contributed by atoms with E-state index in [0.29, 0.717) is 0 Å². The molecular weight excluding hydrogens is 396 g/mol. The SMILES string of the molecule is CCN(CC)CCCCN(Cc1nccc2c1[nH]c1ccccc12)c1ccc(OC)cc1. The van der Waals surface area contributed by atoms with Crippen molar-refractivity contribution in [2.75, 3.05) is 38.2 Å². The van der Waals surface area contributed by atoms with Crippen molar-refractivity contribution in [1.82, 2.24) is 14.9 Å². The Morgan fingerprint density at radius 1 is 0.875 bits per heavy atom. The first kappa shape index (κ1) is 22.2. The highest BCUT2D eigenvalue weighted by atomic mass is 16.5. The molecule has 32 heavy (non-hydrogen) atoms. The number of pyridine rings is 1. The van der Waals surface area contributed by atoms with E-state index in [-0.39, 0.29) is 0 Å². The smallest absolute Gasteiger partial charge is 0.119 e. The number of aromatic amines is 1. The number of benzene rings is 2. The summed E-state index contributed by atoms with van der Waals surface area (Å²) < 4.78 is 5.37. The molecule has 5 nitrogen and oxygen atoms in total. The van der Waals surface area contributed by atoms with E-state index in [1.807, 2.05) is 18.3 Å². The number of hydrogen-bond acceptors (Lipinski definition) is 4. The van der Waals surface area contributed by atoms with Crippen molar-refractivity contribution in [2.45, 2.75) is 33.2 Å². The van der Waals surface area contributed by atoms with E-state index < -0.39 is 0 Å². The molecule has 2 heterocycles. The zero-order valence-corrected chi connectivity index (χ0v) is 19.5. The van der Waals surface area contributed by atoms with Crippen molar-refractivity contribution in [1.29, 1.82) is 0 Å². The normalized spacial score (nSPS) is 11.5. The molecule has 0 spiro atoms. The highest BCUT2D eigenvalue weighted by Gasteiger charge is 2.14. The molecule has 0 atom stereocenters. The third-order valence-electron chi connectivity index (χ3n) is 6.33. The van der Waals surface area contributed by atoms with Gasteiger partial charge in [0.25, 0.3) is 0 Å². The molecule has 0 unspecified atom stereocenters. The number of fused-ring (bicyclic) bond motifs is 3. The van der Waals surface area contributed by atoms with Crippen LogP contribution in [0.1, 0.15) is 32.4 Å². The lowest BCUT2D eigenvalue weighted by Crippen LogP contribution is -2.27. The molecule has 2 aromatic carbocycles. The molecule has 0 aliphatic carbocycles. The second-order valence-corrected chi connectivity index (χ2v) is 8.20. The fraction of sp³-hybridized carbons (Fsp3) is 0.370. The number of ether oxygens (including phenoxy) is 1. The molecule has 2 aromatic heterocycles. The van der Waals surface area contributed by atoms with Crippen LogP contribution in [0, 0.1) is 0 Å². The third-order valence-corrected chi connectivity index (χ3v) is 6.33. The van der Waals surface area contributed by atoms with Gasteiger partial charge in [-0.1, -0.05) is 32.0 Å². The number of nitrogens with zero attached hydrogens (tertiary/aromatic N) is 3. The maximum Gasteiger partial charge on any atom is 0.119 e. The predicted octanol–water partition coefficient (Wildman–Crippen LogP) is 5.85. The Hall–Kier alpha value is -3.05. The molecule has 0 fully saturated rings. The van der Waals surface area contributed by atoms with Crippen LogP contribution in [0.4, 0.5) is 5.69 Å². The van der Waals surface area contributed by atoms with Gasteiger partial charge in [-0.05, 0) is 68.9 Å². The minimum atomic E-state index is 0.766. The minimum absolute atomic E-state index is 0.766. The molecular formula is C27H34N4O. The van der Waals surface area contributed by atoms with Gasteiger partial charge in [0, 0.05) is 34.7 Å². The summed E-state index contributed by atoms with van der Waals surface area (Å²) in [7, 11) is 1.71. The molecule has 168 valence electrons. The first-order valence-corrected chi connectivity index (χ1v) is 11.7. The molecule has 0 radical (unpaired) electrons. The number of anilines is 1. The van der Waals surface area contributed by atoms with Crippen molar-refractivity contribution in [3.63, 3.8) is 0 Å². The molecule has 0 amide bonds. The molecule has 0 saturated heterocycles. The van der Waals surface area contributed by atoms with Gasteiger partial charge in [-0.25, -0.2) is 0 Å². The summed E-state index contributed by atoms with van der Waals surface area (Å²) in [4.78, 5) is 13.3. The Kier molecular flexibility index (Phi) is 7.28. The lowest BCUT2D eigenvalue weighted by Gasteiger charge is -2.26. The van der Waals surface area contributed by atoms with E-state index in [1.54, 1.807) is 7.11 Å². The van der Waals surface area contributed by atoms with E-state index in [1.165, 1.54) is 22.9 Å². The monoisotopic (exact) mass is 430 g/mol. The molecule has 1 N–H and O–H groups in total. The largest absolute Gasteiger partial charge is 0.497 e.